The van der Waals surface area contributed by atoms with Crippen molar-refractivity contribution in [2.75, 3.05) is 12.3 Å². The van der Waals surface area contributed by atoms with Crippen molar-refractivity contribution in [3.8, 4) is 5.69 Å². The Balaban J connectivity index is 1.98. The Morgan fingerprint density at radius 2 is 1.74 bits per heavy atom. The Bertz CT molecular complexity index is 756. The molecule has 0 bridgehead atoms. The lowest BCUT2D eigenvalue weighted by molar-refractivity contribution is -0.360. The molecule has 0 radical (unpaired) electrons. The van der Waals surface area contributed by atoms with Crippen molar-refractivity contribution < 1.29 is 5.73 Å². The number of hydrogen-bond donors (Lipinski definition) is 1. The lowest BCUT2D eigenvalue weighted by atomic mass is 10.1. The van der Waals surface area contributed by atoms with Crippen LogP contribution in [0.15, 0.2) is 59.8 Å². The predicted molar refractivity (Wildman–Crippen MR) is 94.1 cm³/mol. The molecule has 2 aromatic carbocycles. The molecule has 1 heterocycles. The summed E-state index contributed by atoms with van der Waals surface area (Å²) in [6.45, 7) is 0.853. The molecule has 3 N–H and O–H groups in total. The van der Waals surface area contributed by atoms with E-state index in [1.807, 2.05) is 42.5 Å². The van der Waals surface area contributed by atoms with E-state index in [0.717, 1.165) is 40.4 Å². The van der Waals surface area contributed by atoms with Gasteiger partial charge >= 0.3 is 0 Å². The third-order valence-electron chi connectivity index (χ3n) is 3.37. The number of quaternary nitrogens is 1. The van der Waals surface area contributed by atoms with E-state index in [-0.39, 0.29) is 0 Å². The van der Waals surface area contributed by atoms with Gasteiger partial charge < -0.3 is 5.73 Å². The van der Waals surface area contributed by atoms with Crippen molar-refractivity contribution in [2.24, 2.45) is 0 Å². The topological polar surface area (TPSA) is 58.4 Å². The van der Waals surface area contributed by atoms with Gasteiger partial charge in [0.15, 0.2) is 5.16 Å². The van der Waals surface area contributed by atoms with E-state index in [2.05, 4.69) is 32.6 Å². The second-order valence-corrected chi connectivity index (χ2v) is 6.57. The molecular formula is C17H18ClN4S+. The van der Waals surface area contributed by atoms with Crippen molar-refractivity contribution in [1.82, 2.24) is 14.8 Å². The molecule has 0 unspecified atom stereocenters. The van der Waals surface area contributed by atoms with Gasteiger partial charge in [0.25, 0.3) is 0 Å². The Hall–Kier alpha value is -1.82. The summed E-state index contributed by atoms with van der Waals surface area (Å²) >= 11 is 7.68. The van der Waals surface area contributed by atoms with E-state index < -0.39 is 0 Å². The number of halogens is 1. The lowest BCUT2D eigenvalue weighted by Gasteiger charge is -2.10. The molecule has 0 amide bonds. The molecule has 0 atom stereocenters. The number of rotatable bonds is 6. The van der Waals surface area contributed by atoms with Gasteiger partial charge in [0, 0.05) is 17.1 Å². The standard InChI is InChI=1S/C17H17ClN4S/c18-14-6-8-15(9-7-14)22-16(12-13-4-2-1-3-5-13)20-21-17(22)23-11-10-19/h1-9H,10-12,19H2/p+1. The molecule has 4 nitrogen and oxygen atoms in total. The SMILES string of the molecule is [NH3+]CCSc1nnc(Cc2ccccc2)n1-c1ccc(Cl)cc1. The Labute approximate surface area is 144 Å². The van der Waals surface area contributed by atoms with Gasteiger partial charge in [-0.05, 0) is 29.8 Å². The van der Waals surface area contributed by atoms with E-state index in [1.165, 1.54) is 5.56 Å². The van der Waals surface area contributed by atoms with Gasteiger partial charge in [-0.25, -0.2) is 0 Å². The molecule has 0 aliphatic rings. The van der Waals surface area contributed by atoms with Crippen LogP contribution in [-0.2, 0) is 6.42 Å². The summed E-state index contributed by atoms with van der Waals surface area (Å²) in [4.78, 5) is 0. The molecule has 1 aromatic heterocycles. The van der Waals surface area contributed by atoms with Crippen molar-refractivity contribution in [3.05, 3.63) is 71.0 Å². The second-order valence-electron chi connectivity index (χ2n) is 5.08. The highest BCUT2D eigenvalue weighted by molar-refractivity contribution is 7.99. The summed E-state index contributed by atoms with van der Waals surface area (Å²) in [6.07, 6.45) is 0.738. The normalized spacial score (nSPS) is 10.9. The largest absolute Gasteiger partial charge is 0.357 e. The maximum absolute atomic E-state index is 6.01. The van der Waals surface area contributed by atoms with Gasteiger partial charge in [-0.3, -0.25) is 4.57 Å². The van der Waals surface area contributed by atoms with Crippen LogP contribution in [0, 0.1) is 0 Å². The minimum atomic E-state index is 0.721. The highest BCUT2D eigenvalue weighted by Crippen LogP contribution is 2.24. The summed E-state index contributed by atoms with van der Waals surface area (Å²) in [7, 11) is 0. The van der Waals surface area contributed by atoms with Crippen LogP contribution in [0.2, 0.25) is 5.02 Å². The number of hydrogen-bond acceptors (Lipinski definition) is 3. The lowest BCUT2D eigenvalue weighted by Crippen LogP contribution is -2.51. The zero-order valence-electron chi connectivity index (χ0n) is 12.7. The van der Waals surface area contributed by atoms with E-state index in [1.54, 1.807) is 11.8 Å². The van der Waals surface area contributed by atoms with Crippen LogP contribution in [-0.4, -0.2) is 27.1 Å². The first-order chi connectivity index (χ1) is 11.3. The fourth-order valence-corrected chi connectivity index (χ4v) is 3.19. The summed E-state index contributed by atoms with van der Waals surface area (Å²) in [5.41, 5.74) is 6.13. The quantitative estimate of drug-likeness (QED) is 0.699. The van der Waals surface area contributed by atoms with Crippen LogP contribution in [0.25, 0.3) is 5.69 Å². The zero-order chi connectivity index (χ0) is 16.1. The number of aromatic nitrogens is 3. The van der Waals surface area contributed by atoms with E-state index >= 15 is 0 Å². The molecule has 6 heteroatoms. The zero-order valence-corrected chi connectivity index (χ0v) is 14.2. The Kier molecular flexibility index (Phi) is 5.33. The number of benzene rings is 2. The van der Waals surface area contributed by atoms with Gasteiger partial charge in [0.05, 0.1) is 12.3 Å². The summed E-state index contributed by atoms with van der Waals surface area (Å²) < 4.78 is 2.10. The van der Waals surface area contributed by atoms with E-state index in [0.29, 0.717) is 0 Å². The molecule has 0 aliphatic heterocycles. The van der Waals surface area contributed by atoms with Gasteiger partial charge in [-0.1, -0.05) is 53.7 Å². The van der Waals surface area contributed by atoms with Crippen molar-refractivity contribution >= 4 is 23.4 Å². The average Bonchev–Trinajstić information content (AvgIpc) is 2.97. The maximum Gasteiger partial charge on any atom is 0.196 e. The minimum Gasteiger partial charge on any atom is -0.357 e. The minimum absolute atomic E-state index is 0.721. The Morgan fingerprint density at radius 3 is 2.43 bits per heavy atom. The monoisotopic (exact) mass is 345 g/mol. The predicted octanol–water partition coefficient (Wildman–Crippen LogP) is 2.85. The van der Waals surface area contributed by atoms with Crippen LogP contribution in [0.1, 0.15) is 11.4 Å². The molecule has 0 spiro atoms. The highest BCUT2D eigenvalue weighted by atomic mass is 35.5. The number of thioether (sulfide) groups is 1. The number of nitrogens with zero attached hydrogens (tertiary/aromatic N) is 3. The fourth-order valence-electron chi connectivity index (χ4n) is 2.30. The molecule has 0 saturated heterocycles. The van der Waals surface area contributed by atoms with Crippen molar-refractivity contribution in [3.63, 3.8) is 0 Å². The molecule has 118 valence electrons. The van der Waals surface area contributed by atoms with Crippen LogP contribution in [0.5, 0.6) is 0 Å². The maximum atomic E-state index is 6.01. The van der Waals surface area contributed by atoms with Crippen molar-refractivity contribution in [2.45, 2.75) is 11.6 Å². The smallest absolute Gasteiger partial charge is 0.196 e. The third-order valence-corrected chi connectivity index (χ3v) is 4.63. The van der Waals surface area contributed by atoms with Gasteiger partial charge in [0.2, 0.25) is 0 Å². The molecule has 23 heavy (non-hydrogen) atoms. The molecule has 3 rings (SSSR count). The van der Waals surface area contributed by atoms with Crippen LogP contribution in [0.3, 0.4) is 0 Å². The van der Waals surface area contributed by atoms with E-state index in [9.17, 15) is 0 Å². The first-order valence-electron chi connectivity index (χ1n) is 7.44. The molecule has 3 aromatic rings. The summed E-state index contributed by atoms with van der Waals surface area (Å²) in [6, 6.07) is 18.1. The Morgan fingerprint density at radius 1 is 1.00 bits per heavy atom. The van der Waals surface area contributed by atoms with Crippen molar-refractivity contribution in [1.29, 1.82) is 0 Å². The first-order valence-corrected chi connectivity index (χ1v) is 8.80. The molecule has 0 fully saturated rings. The van der Waals surface area contributed by atoms with Gasteiger partial charge in [-0.2, -0.15) is 0 Å². The van der Waals surface area contributed by atoms with E-state index in [4.69, 9.17) is 11.6 Å². The summed E-state index contributed by atoms with van der Waals surface area (Å²) in [5.74, 6) is 1.84. The highest BCUT2D eigenvalue weighted by Gasteiger charge is 2.14. The molecular weight excluding hydrogens is 328 g/mol. The molecule has 0 saturated carbocycles. The van der Waals surface area contributed by atoms with Gasteiger partial charge in [0.1, 0.15) is 5.82 Å². The fraction of sp³-hybridized carbons (Fsp3) is 0.176. The van der Waals surface area contributed by atoms with Gasteiger partial charge in [-0.15, -0.1) is 10.2 Å². The second kappa shape index (κ2) is 7.64. The first kappa shape index (κ1) is 16.1. The van der Waals surface area contributed by atoms with Crippen LogP contribution in [0.4, 0.5) is 0 Å². The molecule has 0 aliphatic carbocycles. The summed E-state index contributed by atoms with van der Waals surface area (Å²) in [5, 5.41) is 10.4. The van der Waals surface area contributed by atoms with Crippen LogP contribution >= 0.6 is 23.4 Å². The van der Waals surface area contributed by atoms with Crippen LogP contribution < -0.4 is 5.73 Å². The third kappa shape index (κ3) is 3.93. The average molecular weight is 346 g/mol.